The van der Waals surface area contributed by atoms with Crippen molar-refractivity contribution in [3.05, 3.63) is 12.2 Å². The van der Waals surface area contributed by atoms with Gasteiger partial charge < -0.3 is 0 Å². The summed E-state index contributed by atoms with van der Waals surface area (Å²) in [7, 11) is 0. The van der Waals surface area contributed by atoms with Gasteiger partial charge in [0.25, 0.3) is 0 Å². The molecule has 0 spiro atoms. The van der Waals surface area contributed by atoms with Gasteiger partial charge in [-0.3, -0.25) is 0 Å². The first kappa shape index (κ1) is 13.8. The first-order chi connectivity index (χ1) is 12.6. The van der Waals surface area contributed by atoms with E-state index >= 15 is 0 Å². The lowest BCUT2D eigenvalue weighted by Crippen LogP contribution is -2.22. The maximum Gasteiger partial charge on any atom is 0.149 e. The minimum atomic E-state index is -3.40. The van der Waals surface area contributed by atoms with Gasteiger partial charge in [-0.15, -0.1) is 0 Å². The number of unbranched alkanes of at least 4 members (excludes halogenated alkanes) is 3. The van der Waals surface area contributed by atoms with Crippen molar-refractivity contribution in [1.82, 2.24) is 0 Å². The van der Waals surface area contributed by atoms with Crippen LogP contribution in [0.25, 0.3) is 0 Å². The molecule has 0 amide bonds. The maximum atomic E-state index is 14.2. The van der Waals surface area contributed by atoms with E-state index in [1.807, 2.05) is 0 Å². The molecule has 0 radical (unpaired) electrons. The molecule has 0 nitrogen and oxygen atoms in total. The van der Waals surface area contributed by atoms with E-state index in [0.717, 1.165) is 30.9 Å². The van der Waals surface area contributed by atoms with Gasteiger partial charge in [0.05, 0.1) is 1.37 Å². The van der Waals surface area contributed by atoms with Crippen LogP contribution in [-0.4, -0.2) is 12.3 Å². The summed E-state index contributed by atoms with van der Waals surface area (Å²) < 4.78 is 59.3. The molecule has 1 fully saturated rings. The largest absolute Gasteiger partial charge is 0.244 e. The average molecular weight is 331 g/mol. The molecule has 0 heterocycles. The minimum Gasteiger partial charge on any atom is -0.244 e. The Kier molecular flexibility index (Phi) is 6.30. The molecule has 0 aliphatic heterocycles. The summed E-state index contributed by atoms with van der Waals surface area (Å²) in [6.07, 6.45) is 6.52. The summed E-state index contributed by atoms with van der Waals surface area (Å²) in [5, 5.41) is 0. The van der Waals surface area contributed by atoms with Gasteiger partial charge in [-0.05, 0) is 30.5 Å². The molecule has 3 atom stereocenters. The standard InChI is InChI=1S/C21H36F2/c1-2-3-4-7-17-10-12-18(13-11-17)8-5-6-9-19-14-15-20(22)21(23)16-19/h14-15,17-21H,2-13,16H2,1H3/i16D2,19D,21D. The fraction of sp³-hybridized carbons (Fsp3) is 0.905. The number of rotatable bonds is 9. The summed E-state index contributed by atoms with van der Waals surface area (Å²) in [4.78, 5) is 0. The average Bonchev–Trinajstić information content (AvgIpc) is 2.63. The summed E-state index contributed by atoms with van der Waals surface area (Å²) in [5.74, 6) is -0.282. The van der Waals surface area contributed by atoms with E-state index in [1.165, 1.54) is 51.4 Å². The Morgan fingerprint density at radius 3 is 2.09 bits per heavy atom. The zero-order valence-electron chi connectivity index (χ0n) is 18.6. The molecule has 2 rings (SSSR count). The van der Waals surface area contributed by atoms with Crippen LogP contribution in [0.2, 0.25) is 0 Å². The van der Waals surface area contributed by atoms with Crippen LogP contribution < -0.4 is 0 Å². The van der Waals surface area contributed by atoms with Crippen molar-refractivity contribution in [2.24, 2.45) is 17.7 Å². The van der Waals surface area contributed by atoms with E-state index in [9.17, 15) is 8.78 Å². The summed E-state index contributed by atoms with van der Waals surface area (Å²) >= 11 is 0. The predicted molar refractivity (Wildman–Crippen MR) is 95.1 cm³/mol. The fourth-order valence-corrected chi connectivity index (χ4v) is 3.94. The Balaban J connectivity index is 1.72. The van der Waals surface area contributed by atoms with Crippen LogP contribution in [0.1, 0.15) is 95.8 Å². The van der Waals surface area contributed by atoms with Crippen molar-refractivity contribution in [2.45, 2.75) is 103 Å². The molecular weight excluding hydrogens is 290 g/mol. The minimum absolute atomic E-state index is 0.125. The lowest BCUT2D eigenvalue weighted by molar-refractivity contribution is 0.165. The molecule has 23 heavy (non-hydrogen) atoms. The second-order valence-electron chi connectivity index (χ2n) is 7.39. The molecule has 2 aliphatic carbocycles. The van der Waals surface area contributed by atoms with Crippen LogP contribution in [0.5, 0.6) is 0 Å². The second kappa shape index (κ2) is 10.5. The van der Waals surface area contributed by atoms with Crippen molar-refractivity contribution in [3.8, 4) is 0 Å². The van der Waals surface area contributed by atoms with E-state index in [2.05, 4.69) is 6.92 Å². The van der Waals surface area contributed by atoms with Gasteiger partial charge in [-0.1, -0.05) is 89.7 Å². The van der Waals surface area contributed by atoms with Crippen LogP contribution in [0.3, 0.4) is 0 Å². The first-order valence-electron chi connectivity index (χ1n) is 11.7. The molecule has 0 bridgehead atoms. The van der Waals surface area contributed by atoms with E-state index < -0.39 is 24.6 Å². The van der Waals surface area contributed by atoms with E-state index in [1.54, 1.807) is 0 Å². The topological polar surface area (TPSA) is 0 Å². The Morgan fingerprint density at radius 2 is 1.48 bits per heavy atom. The van der Waals surface area contributed by atoms with Crippen LogP contribution in [0.15, 0.2) is 12.2 Å². The monoisotopic (exact) mass is 330 g/mol. The van der Waals surface area contributed by atoms with Gasteiger partial charge in [-0.25, -0.2) is 8.78 Å². The van der Waals surface area contributed by atoms with Crippen LogP contribution in [0, 0.1) is 17.7 Å². The smallest absolute Gasteiger partial charge is 0.149 e. The van der Waals surface area contributed by atoms with Gasteiger partial charge in [-0.2, -0.15) is 0 Å². The molecule has 0 saturated heterocycles. The molecular formula is C21H36F2. The van der Waals surface area contributed by atoms with Crippen molar-refractivity contribution < 1.29 is 14.3 Å². The number of hydrogen-bond donors (Lipinski definition) is 0. The number of hydrogen-bond acceptors (Lipinski definition) is 0. The lowest BCUT2D eigenvalue weighted by Gasteiger charge is -2.28. The Labute approximate surface area is 147 Å². The van der Waals surface area contributed by atoms with E-state index in [4.69, 9.17) is 5.48 Å². The Hall–Kier alpha value is -0.400. The van der Waals surface area contributed by atoms with Gasteiger partial charge in [0, 0.05) is 4.11 Å². The first-order valence-corrected chi connectivity index (χ1v) is 9.66. The number of halogens is 2. The van der Waals surface area contributed by atoms with Crippen LogP contribution >= 0.6 is 0 Å². The van der Waals surface area contributed by atoms with Gasteiger partial charge in [0.15, 0.2) is 0 Å². The zero-order valence-corrected chi connectivity index (χ0v) is 14.6. The Bertz CT molecular complexity index is 487. The SMILES string of the molecule is [2H]C1(CCCCC2CCC(CCCCC)CC2)C=CC(F)C([2H])(F)C1([2H])[2H]. The van der Waals surface area contributed by atoms with Crippen LogP contribution in [-0.2, 0) is 0 Å². The highest BCUT2D eigenvalue weighted by molar-refractivity contribution is 5.02. The third-order valence-electron chi connectivity index (χ3n) is 5.48. The van der Waals surface area contributed by atoms with Gasteiger partial charge in [0.2, 0.25) is 0 Å². The highest BCUT2D eigenvalue weighted by Gasteiger charge is 2.25. The molecule has 0 N–H and O–H groups in total. The molecule has 2 aliphatic rings. The molecule has 0 aromatic rings. The third kappa shape index (κ3) is 6.93. The summed E-state index contributed by atoms with van der Waals surface area (Å²) in [6.45, 7) is 2.24. The third-order valence-corrected chi connectivity index (χ3v) is 5.48. The van der Waals surface area contributed by atoms with Crippen molar-refractivity contribution in [1.29, 1.82) is 0 Å². The maximum absolute atomic E-state index is 14.2. The van der Waals surface area contributed by atoms with E-state index in [0.29, 0.717) is 12.3 Å². The van der Waals surface area contributed by atoms with E-state index in [-0.39, 0.29) is 6.42 Å². The van der Waals surface area contributed by atoms with Gasteiger partial charge >= 0.3 is 0 Å². The zero-order chi connectivity index (χ0) is 20.1. The quantitative estimate of drug-likeness (QED) is 0.310. The van der Waals surface area contributed by atoms with Crippen molar-refractivity contribution in [2.75, 3.05) is 0 Å². The van der Waals surface area contributed by atoms with Crippen molar-refractivity contribution >= 4 is 0 Å². The molecule has 3 unspecified atom stereocenters. The Morgan fingerprint density at radius 1 is 0.913 bits per heavy atom. The number of alkyl halides is 2. The molecule has 134 valence electrons. The molecule has 0 aromatic carbocycles. The van der Waals surface area contributed by atoms with Crippen molar-refractivity contribution in [3.63, 3.8) is 0 Å². The summed E-state index contributed by atoms with van der Waals surface area (Å²) in [5.41, 5.74) is 0. The highest BCUT2D eigenvalue weighted by Crippen LogP contribution is 2.35. The lowest BCUT2D eigenvalue weighted by atomic mass is 9.77. The normalized spacial score (nSPS) is 45.8. The second-order valence-corrected chi connectivity index (χ2v) is 7.39. The van der Waals surface area contributed by atoms with Gasteiger partial charge in [0.1, 0.15) is 12.3 Å². The fourth-order valence-electron chi connectivity index (χ4n) is 3.94. The predicted octanol–water partition coefficient (Wildman–Crippen LogP) is 7.19. The van der Waals surface area contributed by atoms with Crippen LogP contribution in [0.4, 0.5) is 8.78 Å². The molecule has 2 heteroatoms. The molecule has 0 aromatic heterocycles. The summed E-state index contributed by atoms with van der Waals surface area (Å²) in [6, 6.07) is 0. The number of allylic oxidation sites excluding steroid dienone is 2. The molecule has 1 saturated carbocycles. The highest BCUT2D eigenvalue weighted by atomic mass is 19.2.